The van der Waals surface area contributed by atoms with E-state index >= 15 is 0 Å². The van der Waals surface area contributed by atoms with Crippen LogP contribution in [0.25, 0.3) is 0 Å². The van der Waals surface area contributed by atoms with Crippen LogP contribution in [0.15, 0.2) is 6.33 Å². The van der Waals surface area contributed by atoms with Crippen LogP contribution in [0.2, 0.25) is 0 Å². The van der Waals surface area contributed by atoms with E-state index in [0.29, 0.717) is 12.4 Å². The molecular formula is C13H22N6O. The number of nitrogens with one attached hydrogen (secondary N) is 1. The molecule has 1 saturated heterocycles. The zero-order valence-electron chi connectivity index (χ0n) is 11.8. The maximum absolute atomic E-state index is 11.4. The number of hydrogen-bond acceptors (Lipinski definition) is 6. The molecule has 1 aromatic rings. The van der Waals surface area contributed by atoms with E-state index in [4.69, 9.17) is 11.6 Å². The van der Waals surface area contributed by atoms with Crippen molar-refractivity contribution < 1.29 is 4.79 Å². The molecule has 0 aromatic carbocycles. The van der Waals surface area contributed by atoms with Crippen molar-refractivity contribution in [1.29, 1.82) is 0 Å². The van der Waals surface area contributed by atoms with Crippen molar-refractivity contribution >= 4 is 17.5 Å². The summed E-state index contributed by atoms with van der Waals surface area (Å²) in [5.74, 6) is 6.69. The normalized spacial score (nSPS) is 18.9. The van der Waals surface area contributed by atoms with Gasteiger partial charge in [0.2, 0.25) is 5.91 Å². The monoisotopic (exact) mass is 278 g/mol. The number of carbonyl (C=O) groups excluding carboxylic acids is 1. The number of amides is 1. The van der Waals surface area contributed by atoms with E-state index in [9.17, 15) is 4.79 Å². The summed E-state index contributed by atoms with van der Waals surface area (Å²) in [5, 5.41) is 0. The fraction of sp³-hybridized carbons (Fsp3) is 0.615. The maximum Gasteiger partial charge on any atom is 0.222 e. The van der Waals surface area contributed by atoms with Crippen LogP contribution in [-0.2, 0) is 11.2 Å². The smallest absolute Gasteiger partial charge is 0.222 e. The van der Waals surface area contributed by atoms with Gasteiger partial charge in [-0.25, -0.2) is 15.8 Å². The zero-order chi connectivity index (χ0) is 14.5. The van der Waals surface area contributed by atoms with Crippen LogP contribution in [0.3, 0.4) is 0 Å². The van der Waals surface area contributed by atoms with Crippen LogP contribution in [0.5, 0.6) is 0 Å². The number of hydrazine groups is 1. The number of piperidine rings is 1. The number of carbonyl (C=O) groups is 1. The van der Waals surface area contributed by atoms with Gasteiger partial charge in [-0.3, -0.25) is 4.79 Å². The molecule has 1 aliphatic rings. The number of primary amides is 1. The predicted molar refractivity (Wildman–Crippen MR) is 78.0 cm³/mol. The summed E-state index contributed by atoms with van der Waals surface area (Å²) in [7, 11) is 0. The van der Waals surface area contributed by atoms with Gasteiger partial charge in [-0.2, -0.15) is 0 Å². The van der Waals surface area contributed by atoms with Crippen LogP contribution in [0, 0.1) is 5.92 Å². The molecule has 1 fully saturated rings. The van der Waals surface area contributed by atoms with Gasteiger partial charge in [-0.05, 0) is 19.3 Å². The minimum Gasteiger partial charge on any atom is -0.369 e. The van der Waals surface area contributed by atoms with Gasteiger partial charge in [-0.1, -0.05) is 13.3 Å². The molecule has 0 spiro atoms. The van der Waals surface area contributed by atoms with E-state index < -0.39 is 0 Å². The lowest BCUT2D eigenvalue weighted by molar-refractivity contribution is -0.122. The van der Waals surface area contributed by atoms with E-state index in [1.165, 1.54) is 6.33 Å². The number of rotatable bonds is 5. The second kappa shape index (κ2) is 6.51. The van der Waals surface area contributed by atoms with Gasteiger partial charge >= 0.3 is 0 Å². The molecule has 0 saturated carbocycles. The van der Waals surface area contributed by atoms with Crippen molar-refractivity contribution in [3.63, 3.8) is 0 Å². The summed E-state index contributed by atoms with van der Waals surface area (Å²) in [6, 6.07) is 0. The molecule has 20 heavy (non-hydrogen) atoms. The third kappa shape index (κ3) is 2.98. The maximum atomic E-state index is 11.4. The Labute approximate surface area is 118 Å². The van der Waals surface area contributed by atoms with Crippen LogP contribution >= 0.6 is 0 Å². The molecule has 1 aromatic heterocycles. The lowest BCUT2D eigenvalue weighted by Crippen LogP contribution is -2.42. The first kappa shape index (κ1) is 14.5. The molecule has 0 bridgehead atoms. The van der Waals surface area contributed by atoms with Crippen LogP contribution < -0.4 is 21.9 Å². The second-order valence-electron chi connectivity index (χ2n) is 5.11. The molecule has 0 radical (unpaired) electrons. The summed E-state index contributed by atoms with van der Waals surface area (Å²) in [6.45, 7) is 3.59. The third-order valence-corrected chi connectivity index (χ3v) is 3.68. The lowest BCUT2D eigenvalue weighted by atomic mass is 9.97. The van der Waals surface area contributed by atoms with Gasteiger partial charge in [0.1, 0.15) is 18.0 Å². The molecule has 1 unspecified atom stereocenters. The summed E-state index contributed by atoms with van der Waals surface area (Å²) < 4.78 is 0. The van der Waals surface area contributed by atoms with Crippen LogP contribution in [0.1, 0.15) is 31.7 Å². The molecular weight excluding hydrogens is 256 g/mol. The first-order chi connectivity index (χ1) is 9.67. The SMILES string of the molecule is CCCc1c(NN)ncnc1N1CCCC(C(N)=O)C1. The Morgan fingerprint density at radius 3 is 3.00 bits per heavy atom. The first-order valence-electron chi connectivity index (χ1n) is 7.02. The van der Waals surface area contributed by atoms with Crippen LogP contribution in [-0.4, -0.2) is 29.0 Å². The Kier molecular flexibility index (Phi) is 4.73. The van der Waals surface area contributed by atoms with Crippen molar-refractivity contribution in [2.75, 3.05) is 23.4 Å². The minimum absolute atomic E-state index is 0.109. The zero-order valence-corrected chi connectivity index (χ0v) is 11.8. The van der Waals surface area contributed by atoms with Crippen molar-refractivity contribution in [3.8, 4) is 0 Å². The van der Waals surface area contributed by atoms with E-state index in [-0.39, 0.29) is 11.8 Å². The van der Waals surface area contributed by atoms with E-state index in [1.807, 2.05) is 0 Å². The Bertz CT molecular complexity index is 478. The minimum atomic E-state index is -0.238. The predicted octanol–water partition coefficient (Wildman–Crippen LogP) is 0.416. The molecule has 110 valence electrons. The molecule has 2 heterocycles. The summed E-state index contributed by atoms with van der Waals surface area (Å²) in [4.78, 5) is 22.1. The number of anilines is 2. The van der Waals surface area contributed by atoms with Gasteiger partial charge < -0.3 is 16.1 Å². The molecule has 1 amide bonds. The topological polar surface area (TPSA) is 110 Å². The molecule has 7 nitrogen and oxygen atoms in total. The van der Waals surface area contributed by atoms with E-state index in [1.54, 1.807) is 0 Å². The van der Waals surface area contributed by atoms with Gasteiger partial charge in [0.05, 0.1) is 5.92 Å². The molecule has 0 aliphatic carbocycles. The standard InChI is InChI=1S/C13H22N6O/c1-2-4-10-12(18-15)16-8-17-13(10)19-6-3-5-9(7-19)11(14)20/h8-9H,2-7,15H2,1H3,(H2,14,20)(H,16,17,18). The third-order valence-electron chi connectivity index (χ3n) is 3.68. The highest BCUT2D eigenvalue weighted by atomic mass is 16.1. The summed E-state index contributed by atoms with van der Waals surface area (Å²) in [5.41, 5.74) is 9.06. The summed E-state index contributed by atoms with van der Waals surface area (Å²) >= 11 is 0. The Hall–Kier alpha value is -1.89. The van der Waals surface area contributed by atoms with Crippen molar-refractivity contribution in [2.24, 2.45) is 17.5 Å². The highest BCUT2D eigenvalue weighted by Crippen LogP contribution is 2.28. The Balaban J connectivity index is 2.29. The Morgan fingerprint density at radius 1 is 1.55 bits per heavy atom. The van der Waals surface area contributed by atoms with Crippen molar-refractivity contribution in [1.82, 2.24) is 9.97 Å². The molecule has 1 atom stereocenters. The average molecular weight is 278 g/mol. The molecule has 1 aliphatic heterocycles. The fourth-order valence-electron chi connectivity index (χ4n) is 2.68. The van der Waals surface area contributed by atoms with Gasteiger partial charge in [-0.15, -0.1) is 0 Å². The number of nitrogens with two attached hydrogens (primary N) is 2. The van der Waals surface area contributed by atoms with Crippen molar-refractivity contribution in [3.05, 3.63) is 11.9 Å². The fourth-order valence-corrected chi connectivity index (χ4v) is 2.68. The van der Waals surface area contributed by atoms with Gasteiger partial charge in [0.15, 0.2) is 0 Å². The molecule has 2 rings (SSSR count). The average Bonchev–Trinajstić information content (AvgIpc) is 2.48. The number of nitrogens with zero attached hydrogens (tertiary/aromatic N) is 3. The van der Waals surface area contributed by atoms with Crippen molar-refractivity contribution in [2.45, 2.75) is 32.6 Å². The highest BCUT2D eigenvalue weighted by molar-refractivity contribution is 5.77. The first-order valence-corrected chi connectivity index (χ1v) is 7.02. The largest absolute Gasteiger partial charge is 0.369 e. The Morgan fingerprint density at radius 2 is 2.35 bits per heavy atom. The summed E-state index contributed by atoms with van der Waals surface area (Å²) in [6.07, 6.45) is 5.10. The quantitative estimate of drug-likeness (QED) is 0.531. The number of nitrogen functional groups attached to an aromatic ring is 1. The van der Waals surface area contributed by atoms with E-state index in [2.05, 4.69) is 27.2 Å². The highest BCUT2D eigenvalue weighted by Gasteiger charge is 2.26. The van der Waals surface area contributed by atoms with Crippen LogP contribution in [0.4, 0.5) is 11.6 Å². The van der Waals surface area contributed by atoms with Gasteiger partial charge in [0, 0.05) is 18.7 Å². The van der Waals surface area contributed by atoms with E-state index in [0.717, 1.165) is 43.6 Å². The lowest BCUT2D eigenvalue weighted by Gasteiger charge is -2.33. The number of hydrogen-bond donors (Lipinski definition) is 3. The van der Waals surface area contributed by atoms with Gasteiger partial charge in [0.25, 0.3) is 0 Å². The molecule has 7 heteroatoms. The number of aromatic nitrogens is 2. The molecule has 5 N–H and O–H groups in total. The second-order valence-corrected chi connectivity index (χ2v) is 5.11.